The summed E-state index contributed by atoms with van der Waals surface area (Å²) in [5.41, 5.74) is 5.60. The Balaban J connectivity index is 1.54. The van der Waals surface area contributed by atoms with Gasteiger partial charge in [0.1, 0.15) is 0 Å². The first-order valence-corrected chi connectivity index (χ1v) is 14.2. The van der Waals surface area contributed by atoms with E-state index in [9.17, 15) is 0 Å². The molecule has 36 heavy (non-hydrogen) atoms. The maximum atomic E-state index is 2.35. The zero-order chi connectivity index (χ0) is 24.4. The molecule has 0 bridgehead atoms. The van der Waals surface area contributed by atoms with Crippen molar-refractivity contribution in [3.8, 4) is 0 Å². The second kappa shape index (κ2) is 12.7. The van der Waals surface area contributed by atoms with Gasteiger partial charge in [0.25, 0.3) is 0 Å². The van der Waals surface area contributed by atoms with Gasteiger partial charge in [0.2, 0.25) is 0 Å². The second-order valence-corrected chi connectivity index (χ2v) is 11.4. The van der Waals surface area contributed by atoms with Crippen LogP contribution in [0.25, 0.3) is 0 Å². The largest absolute Gasteiger partial charge is 0.118 e. The van der Waals surface area contributed by atoms with Crippen molar-refractivity contribution >= 4 is 23.5 Å². The Kier molecular flexibility index (Phi) is 8.62. The molecule has 0 nitrogen and oxygen atoms in total. The van der Waals surface area contributed by atoms with Crippen molar-refractivity contribution < 1.29 is 0 Å². The third kappa shape index (κ3) is 6.72. The van der Waals surface area contributed by atoms with E-state index in [0.29, 0.717) is 10.5 Å². The van der Waals surface area contributed by atoms with Gasteiger partial charge < -0.3 is 0 Å². The van der Waals surface area contributed by atoms with E-state index in [-0.39, 0.29) is 0 Å². The van der Waals surface area contributed by atoms with Crippen molar-refractivity contribution in [2.75, 3.05) is 0 Å². The minimum absolute atomic E-state index is 0.320. The summed E-state index contributed by atoms with van der Waals surface area (Å²) in [6, 6.07) is 52.5. The average molecular weight is 503 g/mol. The van der Waals surface area contributed by atoms with Crippen molar-refractivity contribution in [1.82, 2.24) is 0 Å². The summed E-state index contributed by atoms with van der Waals surface area (Å²) in [4.78, 5) is 2.62. The Morgan fingerprint density at radius 3 is 1.03 bits per heavy atom. The summed E-state index contributed by atoms with van der Waals surface area (Å²) in [6.07, 6.45) is 1.98. The molecule has 0 aliphatic heterocycles. The van der Waals surface area contributed by atoms with Crippen LogP contribution in [-0.2, 0) is 12.8 Å². The molecule has 0 N–H and O–H groups in total. The van der Waals surface area contributed by atoms with Crippen LogP contribution >= 0.6 is 23.5 Å². The number of hydrogen-bond donors (Lipinski definition) is 0. The highest BCUT2D eigenvalue weighted by atomic mass is 32.2. The molecule has 178 valence electrons. The zero-order valence-electron chi connectivity index (χ0n) is 20.2. The lowest BCUT2D eigenvalue weighted by Crippen LogP contribution is -2.08. The minimum atomic E-state index is 0.320. The molecule has 0 saturated heterocycles. The molecular weight excluding hydrogens is 473 g/mol. The first kappa shape index (κ1) is 24.5. The van der Waals surface area contributed by atoms with Crippen LogP contribution in [0.4, 0.5) is 0 Å². The normalized spacial score (nSPS) is 12.7. The molecule has 0 aromatic heterocycles. The van der Waals surface area contributed by atoms with Gasteiger partial charge in [0, 0.05) is 20.3 Å². The molecule has 0 aliphatic carbocycles. The molecule has 5 aromatic carbocycles. The van der Waals surface area contributed by atoms with E-state index in [1.807, 2.05) is 23.5 Å². The zero-order valence-corrected chi connectivity index (χ0v) is 21.9. The predicted molar refractivity (Wildman–Crippen MR) is 157 cm³/mol. The van der Waals surface area contributed by atoms with Crippen LogP contribution < -0.4 is 0 Å². The van der Waals surface area contributed by atoms with E-state index < -0.39 is 0 Å². The SMILES string of the molecule is c1ccc(CC(Sc2ccccc2)c2ccccc2C(Cc2ccccc2)Sc2ccccc2)cc1. The highest BCUT2D eigenvalue weighted by Crippen LogP contribution is 2.45. The van der Waals surface area contributed by atoms with E-state index in [1.165, 1.54) is 32.0 Å². The molecule has 2 heteroatoms. The molecule has 2 atom stereocenters. The Morgan fingerprint density at radius 2 is 0.667 bits per heavy atom. The highest BCUT2D eigenvalue weighted by molar-refractivity contribution is 8.00. The fraction of sp³-hybridized carbons (Fsp3) is 0.118. The summed E-state index contributed by atoms with van der Waals surface area (Å²) in [5.74, 6) is 0. The lowest BCUT2D eigenvalue weighted by molar-refractivity contribution is 0.865. The van der Waals surface area contributed by atoms with E-state index in [1.54, 1.807) is 0 Å². The number of thioether (sulfide) groups is 2. The van der Waals surface area contributed by atoms with E-state index >= 15 is 0 Å². The molecule has 0 fully saturated rings. The third-order valence-corrected chi connectivity index (χ3v) is 8.76. The second-order valence-electron chi connectivity index (χ2n) is 8.85. The minimum Gasteiger partial charge on any atom is -0.118 e. The first-order chi connectivity index (χ1) is 17.8. The van der Waals surface area contributed by atoms with Gasteiger partial charge in [0.05, 0.1) is 0 Å². The Hall–Kier alpha value is -3.20. The van der Waals surface area contributed by atoms with Crippen LogP contribution in [-0.4, -0.2) is 0 Å². The fourth-order valence-corrected chi connectivity index (χ4v) is 7.03. The molecule has 0 aliphatic rings. The van der Waals surface area contributed by atoms with Gasteiger partial charge in [-0.25, -0.2) is 0 Å². The topological polar surface area (TPSA) is 0 Å². The van der Waals surface area contributed by atoms with Crippen LogP contribution in [0.1, 0.15) is 32.8 Å². The van der Waals surface area contributed by atoms with Gasteiger partial charge in [-0.1, -0.05) is 121 Å². The van der Waals surface area contributed by atoms with E-state index in [0.717, 1.165) is 12.8 Å². The lowest BCUT2D eigenvalue weighted by Gasteiger charge is -2.26. The molecule has 0 amide bonds. The Labute approximate surface area is 223 Å². The monoisotopic (exact) mass is 502 g/mol. The Bertz CT molecular complexity index is 1130. The molecule has 0 heterocycles. The van der Waals surface area contributed by atoms with Crippen LogP contribution in [0.5, 0.6) is 0 Å². The standard InChI is InChI=1S/C34H30S2/c1-5-15-27(16-6-1)25-33(35-29-19-9-3-10-20-29)31-23-13-14-24-32(31)34(26-28-17-7-2-8-18-28)36-30-21-11-4-12-22-30/h1-24,33-34H,25-26H2. The highest BCUT2D eigenvalue weighted by Gasteiger charge is 2.23. The predicted octanol–water partition coefficient (Wildman–Crippen LogP) is 9.84. The van der Waals surface area contributed by atoms with Gasteiger partial charge in [-0.15, -0.1) is 23.5 Å². The molecule has 5 aromatic rings. The van der Waals surface area contributed by atoms with Gasteiger partial charge in [-0.3, -0.25) is 0 Å². The summed E-state index contributed by atoms with van der Waals surface area (Å²) in [7, 11) is 0. The van der Waals surface area contributed by atoms with Gasteiger partial charge in [-0.05, 0) is 59.4 Å². The molecule has 2 unspecified atom stereocenters. The fourth-order valence-electron chi connectivity index (χ4n) is 4.51. The van der Waals surface area contributed by atoms with Crippen molar-refractivity contribution in [2.45, 2.75) is 33.1 Å². The van der Waals surface area contributed by atoms with Crippen molar-refractivity contribution in [2.24, 2.45) is 0 Å². The molecular formula is C34H30S2. The summed E-state index contributed by atoms with van der Waals surface area (Å²) >= 11 is 3.94. The number of benzene rings is 5. The first-order valence-electron chi connectivity index (χ1n) is 12.5. The summed E-state index contributed by atoms with van der Waals surface area (Å²) in [5, 5.41) is 0.640. The molecule has 5 rings (SSSR count). The van der Waals surface area contributed by atoms with E-state index in [2.05, 4.69) is 146 Å². The molecule has 0 saturated carbocycles. The van der Waals surface area contributed by atoms with Crippen LogP contribution in [0.3, 0.4) is 0 Å². The van der Waals surface area contributed by atoms with Gasteiger partial charge in [-0.2, -0.15) is 0 Å². The summed E-state index contributed by atoms with van der Waals surface area (Å²) < 4.78 is 0. The molecule has 0 spiro atoms. The van der Waals surface area contributed by atoms with Crippen molar-refractivity contribution in [1.29, 1.82) is 0 Å². The third-order valence-electron chi connectivity index (χ3n) is 6.26. The van der Waals surface area contributed by atoms with Gasteiger partial charge >= 0.3 is 0 Å². The Morgan fingerprint density at radius 1 is 0.361 bits per heavy atom. The molecule has 0 radical (unpaired) electrons. The number of hydrogen-bond acceptors (Lipinski definition) is 2. The van der Waals surface area contributed by atoms with Crippen LogP contribution in [0.15, 0.2) is 155 Å². The maximum absolute atomic E-state index is 2.35. The van der Waals surface area contributed by atoms with Crippen molar-refractivity contribution in [3.05, 3.63) is 168 Å². The van der Waals surface area contributed by atoms with E-state index in [4.69, 9.17) is 0 Å². The van der Waals surface area contributed by atoms with Gasteiger partial charge in [0.15, 0.2) is 0 Å². The lowest BCUT2D eigenvalue weighted by atomic mass is 9.94. The van der Waals surface area contributed by atoms with Crippen LogP contribution in [0.2, 0.25) is 0 Å². The maximum Gasteiger partial charge on any atom is 0.0387 e. The van der Waals surface area contributed by atoms with Crippen molar-refractivity contribution in [3.63, 3.8) is 0 Å². The van der Waals surface area contributed by atoms with Crippen LogP contribution in [0, 0.1) is 0 Å². The number of rotatable bonds is 10. The average Bonchev–Trinajstić information content (AvgIpc) is 2.95. The quantitative estimate of drug-likeness (QED) is 0.174. The smallest absolute Gasteiger partial charge is 0.0387 e. The summed E-state index contributed by atoms with van der Waals surface area (Å²) in [6.45, 7) is 0.